The third-order valence-electron chi connectivity index (χ3n) is 5.57. The number of rotatable bonds is 7. The summed E-state index contributed by atoms with van der Waals surface area (Å²) >= 11 is 1.36. The monoisotopic (exact) mass is 456 g/mol. The highest BCUT2D eigenvalue weighted by Gasteiger charge is 2.33. The van der Waals surface area contributed by atoms with Crippen LogP contribution in [0.3, 0.4) is 0 Å². The molecule has 6 nitrogen and oxygen atoms in total. The van der Waals surface area contributed by atoms with Gasteiger partial charge in [0.05, 0.1) is 27.1 Å². The highest BCUT2D eigenvalue weighted by Crippen LogP contribution is 2.39. The molecule has 1 atom stereocenters. The number of para-hydroxylation sites is 1. The van der Waals surface area contributed by atoms with Gasteiger partial charge in [-0.25, -0.2) is 13.4 Å². The second kappa shape index (κ2) is 8.80. The molecule has 1 heterocycles. The van der Waals surface area contributed by atoms with E-state index in [9.17, 15) is 18.3 Å². The van der Waals surface area contributed by atoms with Gasteiger partial charge in [0.15, 0.2) is 20.8 Å². The first-order valence-electron chi connectivity index (χ1n) is 10.3. The number of nitrogens with one attached hydrogen (secondary N) is 1. The van der Waals surface area contributed by atoms with Gasteiger partial charge in [-0.15, -0.1) is 0 Å². The number of aromatic hydroxyl groups is 1. The van der Waals surface area contributed by atoms with Gasteiger partial charge in [-0.2, -0.15) is 0 Å². The zero-order valence-electron chi connectivity index (χ0n) is 17.2. The SMILES string of the molecule is CCS(=O)(=O)c1ccc(CCNc2nc3c(s2)C(=O)C(c2ccccc2O)CC3)cc1. The van der Waals surface area contributed by atoms with Crippen LogP contribution < -0.4 is 5.32 Å². The summed E-state index contributed by atoms with van der Waals surface area (Å²) in [5.41, 5.74) is 2.52. The first-order valence-corrected chi connectivity index (χ1v) is 12.7. The standard InChI is InChI=1S/C23H24N2O4S2/c1-2-31(28,29)16-9-7-15(8-10-16)13-14-24-23-25-19-12-11-18(21(27)22(19)30-23)17-5-3-4-6-20(17)26/h3-10,18,26H,2,11-14H2,1H3,(H,24,25). The number of fused-ring (bicyclic) bond motifs is 1. The lowest BCUT2D eigenvalue weighted by atomic mass is 9.84. The molecule has 1 aliphatic rings. The summed E-state index contributed by atoms with van der Waals surface area (Å²) in [7, 11) is -3.18. The Morgan fingerprint density at radius 3 is 2.61 bits per heavy atom. The van der Waals surface area contributed by atoms with Crippen molar-refractivity contribution in [2.75, 3.05) is 17.6 Å². The molecule has 0 aliphatic heterocycles. The van der Waals surface area contributed by atoms with Crippen molar-refractivity contribution in [1.29, 1.82) is 0 Å². The van der Waals surface area contributed by atoms with Crippen LogP contribution in [0.15, 0.2) is 53.4 Å². The van der Waals surface area contributed by atoms with Crippen LogP contribution in [0, 0.1) is 0 Å². The number of carbonyl (C=O) groups excluding carboxylic acids is 1. The van der Waals surface area contributed by atoms with Crippen molar-refractivity contribution in [3.05, 3.63) is 70.2 Å². The van der Waals surface area contributed by atoms with E-state index in [2.05, 4.69) is 10.3 Å². The zero-order chi connectivity index (χ0) is 22.0. The van der Waals surface area contributed by atoms with Crippen molar-refractivity contribution in [1.82, 2.24) is 4.98 Å². The third-order valence-corrected chi connectivity index (χ3v) is 8.39. The van der Waals surface area contributed by atoms with Crippen LogP contribution in [0.25, 0.3) is 0 Å². The summed E-state index contributed by atoms with van der Waals surface area (Å²) < 4.78 is 23.8. The number of phenolic OH excluding ortho intramolecular Hbond substituents is 1. The predicted octanol–water partition coefficient (Wildman–Crippen LogP) is 4.21. The number of thiazole rings is 1. The van der Waals surface area contributed by atoms with E-state index in [1.54, 1.807) is 37.3 Å². The molecule has 0 bridgehead atoms. The van der Waals surface area contributed by atoms with Gasteiger partial charge >= 0.3 is 0 Å². The van der Waals surface area contributed by atoms with Gasteiger partial charge in [0, 0.05) is 12.1 Å². The number of hydrogen-bond donors (Lipinski definition) is 2. The number of hydrogen-bond acceptors (Lipinski definition) is 7. The minimum Gasteiger partial charge on any atom is -0.508 e. The number of aryl methyl sites for hydroxylation is 1. The highest BCUT2D eigenvalue weighted by molar-refractivity contribution is 7.91. The number of ketones is 1. The summed E-state index contributed by atoms with van der Waals surface area (Å²) in [4.78, 5) is 18.6. The summed E-state index contributed by atoms with van der Waals surface area (Å²) in [5, 5.41) is 14.1. The maximum absolute atomic E-state index is 13.0. The fourth-order valence-electron chi connectivity index (χ4n) is 3.78. The average Bonchev–Trinajstić information content (AvgIpc) is 3.19. The van der Waals surface area contributed by atoms with E-state index in [0.717, 1.165) is 11.3 Å². The van der Waals surface area contributed by atoms with Gasteiger partial charge < -0.3 is 10.4 Å². The molecule has 0 saturated carbocycles. The maximum atomic E-state index is 13.0. The van der Waals surface area contributed by atoms with E-state index in [1.165, 1.54) is 11.3 Å². The highest BCUT2D eigenvalue weighted by atomic mass is 32.2. The van der Waals surface area contributed by atoms with Crippen molar-refractivity contribution >= 4 is 32.1 Å². The fraction of sp³-hybridized carbons (Fsp3) is 0.304. The smallest absolute Gasteiger partial charge is 0.183 e. The quantitative estimate of drug-likeness (QED) is 0.553. The number of benzene rings is 2. The van der Waals surface area contributed by atoms with Crippen LogP contribution in [-0.4, -0.2) is 36.6 Å². The first-order chi connectivity index (χ1) is 14.9. The maximum Gasteiger partial charge on any atom is 0.183 e. The lowest BCUT2D eigenvalue weighted by Crippen LogP contribution is -2.19. The average molecular weight is 457 g/mol. The van der Waals surface area contributed by atoms with E-state index >= 15 is 0 Å². The topological polar surface area (TPSA) is 96.4 Å². The Morgan fingerprint density at radius 1 is 1.16 bits per heavy atom. The van der Waals surface area contributed by atoms with Crippen molar-refractivity contribution in [2.24, 2.45) is 0 Å². The van der Waals surface area contributed by atoms with Gasteiger partial charge in [0.2, 0.25) is 0 Å². The third kappa shape index (κ3) is 4.50. The number of phenols is 1. The van der Waals surface area contributed by atoms with Crippen molar-refractivity contribution in [3.63, 3.8) is 0 Å². The molecule has 3 aromatic rings. The van der Waals surface area contributed by atoms with E-state index in [0.29, 0.717) is 46.3 Å². The number of nitrogens with zero attached hydrogens (tertiary/aromatic N) is 1. The van der Waals surface area contributed by atoms with Crippen molar-refractivity contribution in [3.8, 4) is 5.75 Å². The number of aromatic nitrogens is 1. The summed E-state index contributed by atoms with van der Waals surface area (Å²) in [6.07, 6.45) is 2.05. The Balaban J connectivity index is 1.40. The second-order valence-corrected chi connectivity index (χ2v) is 10.8. The van der Waals surface area contributed by atoms with Crippen LogP contribution in [0.2, 0.25) is 0 Å². The molecule has 0 spiro atoms. The predicted molar refractivity (Wildman–Crippen MR) is 122 cm³/mol. The molecule has 31 heavy (non-hydrogen) atoms. The molecule has 0 fully saturated rings. The molecule has 162 valence electrons. The Bertz CT molecular complexity index is 1200. The lowest BCUT2D eigenvalue weighted by Gasteiger charge is -2.20. The van der Waals surface area contributed by atoms with Gasteiger partial charge in [0.1, 0.15) is 5.75 Å². The molecule has 8 heteroatoms. The number of Topliss-reactive ketones (excluding diaryl/α,β-unsaturated/α-hetero) is 1. The van der Waals surface area contributed by atoms with E-state index in [4.69, 9.17) is 0 Å². The molecule has 0 amide bonds. The van der Waals surface area contributed by atoms with Gasteiger partial charge in [-0.3, -0.25) is 4.79 Å². The van der Waals surface area contributed by atoms with Gasteiger partial charge in [0.25, 0.3) is 0 Å². The molecular weight excluding hydrogens is 432 g/mol. The summed E-state index contributed by atoms with van der Waals surface area (Å²) in [6.45, 7) is 2.26. The molecule has 1 aliphatic carbocycles. The molecule has 2 aromatic carbocycles. The van der Waals surface area contributed by atoms with Crippen molar-refractivity contribution < 1.29 is 18.3 Å². The number of anilines is 1. The van der Waals surface area contributed by atoms with Crippen molar-refractivity contribution in [2.45, 2.75) is 37.0 Å². The van der Waals surface area contributed by atoms with Crippen LogP contribution >= 0.6 is 11.3 Å². The van der Waals surface area contributed by atoms with E-state index in [1.807, 2.05) is 18.2 Å². The zero-order valence-corrected chi connectivity index (χ0v) is 18.8. The van der Waals surface area contributed by atoms with E-state index < -0.39 is 9.84 Å². The molecular formula is C23H24N2O4S2. The largest absolute Gasteiger partial charge is 0.508 e. The molecule has 4 rings (SSSR count). The molecule has 1 aromatic heterocycles. The Labute approximate surface area is 185 Å². The van der Waals surface area contributed by atoms with Gasteiger partial charge in [-0.05, 0) is 43.0 Å². The normalized spacial score (nSPS) is 16.2. The Hall–Kier alpha value is -2.71. The Morgan fingerprint density at radius 2 is 1.90 bits per heavy atom. The molecule has 1 unspecified atom stereocenters. The summed E-state index contributed by atoms with van der Waals surface area (Å²) in [6, 6.07) is 14.0. The van der Waals surface area contributed by atoms with Crippen LogP contribution in [0.5, 0.6) is 5.75 Å². The van der Waals surface area contributed by atoms with Gasteiger partial charge in [-0.1, -0.05) is 48.6 Å². The number of carbonyl (C=O) groups is 1. The van der Waals surface area contributed by atoms with Crippen LogP contribution in [0.4, 0.5) is 5.13 Å². The molecule has 2 N–H and O–H groups in total. The minimum atomic E-state index is -3.18. The number of sulfone groups is 1. The molecule has 0 saturated heterocycles. The summed E-state index contributed by atoms with van der Waals surface area (Å²) in [5.74, 6) is -0.0719. The van der Waals surface area contributed by atoms with Crippen LogP contribution in [-0.2, 0) is 22.7 Å². The first kappa shape index (κ1) is 21.5. The molecule has 0 radical (unpaired) electrons. The lowest BCUT2D eigenvalue weighted by molar-refractivity contribution is 0.0948. The van der Waals surface area contributed by atoms with Crippen LogP contribution in [0.1, 0.15) is 45.8 Å². The fourth-order valence-corrected chi connectivity index (χ4v) is 5.70. The minimum absolute atomic E-state index is 0.0148. The Kier molecular flexibility index (Phi) is 6.11. The second-order valence-electron chi connectivity index (χ2n) is 7.53. The van der Waals surface area contributed by atoms with E-state index in [-0.39, 0.29) is 23.2 Å².